The van der Waals surface area contributed by atoms with Crippen LogP contribution in [0.5, 0.6) is 0 Å². The van der Waals surface area contributed by atoms with E-state index in [9.17, 15) is 0 Å². The van der Waals surface area contributed by atoms with Crippen molar-refractivity contribution in [2.45, 2.75) is 6.92 Å². The molecule has 90 valence electrons. The summed E-state index contributed by atoms with van der Waals surface area (Å²) in [5.41, 5.74) is 9.97. The Hall–Kier alpha value is -2.00. The Morgan fingerprint density at radius 1 is 1.17 bits per heavy atom. The molecule has 0 radical (unpaired) electrons. The van der Waals surface area contributed by atoms with Crippen LogP contribution in [-0.4, -0.2) is 5.16 Å². The van der Waals surface area contributed by atoms with Gasteiger partial charge in [0.05, 0.1) is 10.7 Å². The second kappa shape index (κ2) is 4.03. The van der Waals surface area contributed by atoms with Crippen molar-refractivity contribution in [3.63, 3.8) is 0 Å². The van der Waals surface area contributed by atoms with Gasteiger partial charge in [-0.1, -0.05) is 34.5 Å². The summed E-state index contributed by atoms with van der Waals surface area (Å²) in [5, 5.41) is 5.63. The molecular weight excluding hydrogens is 248 g/mol. The van der Waals surface area contributed by atoms with Gasteiger partial charge in [-0.3, -0.25) is 0 Å². The van der Waals surface area contributed by atoms with E-state index < -0.39 is 0 Å². The van der Waals surface area contributed by atoms with Gasteiger partial charge in [0.15, 0.2) is 5.58 Å². The molecule has 0 spiro atoms. The highest BCUT2D eigenvalue weighted by Crippen LogP contribution is 2.31. The zero-order valence-corrected chi connectivity index (χ0v) is 10.5. The molecule has 0 amide bonds. The number of aryl methyl sites for hydroxylation is 1. The van der Waals surface area contributed by atoms with Gasteiger partial charge >= 0.3 is 0 Å². The quantitative estimate of drug-likeness (QED) is 0.670. The third-order valence-electron chi connectivity index (χ3n) is 2.89. The first kappa shape index (κ1) is 11.1. The maximum Gasteiger partial charge on any atom is 0.167 e. The van der Waals surface area contributed by atoms with Gasteiger partial charge in [-0.25, -0.2) is 0 Å². The fourth-order valence-electron chi connectivity index (χ4n) is 1.95. The smallest absolute Gasteiger partial charge is 0.167 e. The van der Waals surface area contributed by atoms with Gasteiger partial charge in [-0.05, 0) is 31.2 Å². The molecule has 0 bridgehead atoms. The van der Waals surface area contributed by atoms with Gasteiger partial charge in [0.1, 0.15) is 5.69 Å². The van der Waals surface area contributed by atoms with E-state index >= 15 is 0 Å². The van der Waals surface area contributed by atoms with E-state index in [1.54, 1.807) is 6.07 Å². The van der Waals surface area contributed by atoms with Crippen LogP contribution in [0.3, 0.4) is 0 Å². The van der Waals surface area contributed by atoms with E-state index in [-0.39, 0.29) is 0 Å². The number of rotatable bonds is 1. The highest BCUT2D eigenvalue weighted by molar-refractivity contribution is 6.33. The van der Waals surface area contributed by atoms with Crippen LogP contribution >= 0.6 is 11.6 Å². The molecule has 18 heavy (non-hydrogen) atoms. The second-order valence-corrected chi connectivity index (χ2v) is 4.67. The van der Waals surface area contributed by atoms with Crippen molar-refractivity contribution < 1.29 is 4.52 Å². The number of benzene rings is 2. The van der Waals surface area contributed by atoms with Gasteiger partial charge in [-0.15, -0.1) is 0 Å². The van der Waals surface area contributed by atoms with E-state index in [0.29, 0.717) is 10.7 Å². The minimum Gasteiger partial charge on any atom is -0.398 e. The molecule has 0 unspecified atom stereocenters. The summed E-state index contributed by atoms with van der Waals surface area (Å²) in [5.74, 6) is 0. The molecule has 2 N–H and O–H groups in total. The molecule has 3 nitrogen and oxygen atoms in total. The molecule has 4 heteroatoms. The number of hydrogen-bond donors (Lipinski definition) is 1. The fourth-order valence-corrected chi connectivity index (χ4v) is 2.07. The number of nitrogen functional groups attached to an aromatic ring is 1. The Morgan fingerprint density at radius 3 is 2.78 bits per heavy atom. The van der Waals surface area contributed by atoms with Crippen molar-refractivity contribution in [2.75, 3.05) is 5.73 Å². The lowest BCUT2D eigenvalue weighted by Crippen LogP contribution is -1.87. The Bertz CT molecular complexity index is 734. The van der Waals surface area contributed by atoms with E-state index in [1.807, 2.05) is 37.3 Å². The third-order valence-corrected chi connectivity index (χ3v) is 3.24. The largest absolute Gasteiger partial charge is 0.398 e. The second-order valence-electron chi connectivity index (χ2n) is 4.27. The Kier molecular flexibility index (Phi) is 2.49. The summed E-state index contributed by atoms with van der Waals surface area (Å²) in [7, 11) is 0. The number of aromatic nitrogens is 1. The number of nitrogens with two attached hydrogens (primary N) is 1. The van der Waals surface area contributed by atoms with Crippen molar-refractivity contribution in [2.24, 2.45) is 0 Å². The SMILES string of the molecule is Cc1ccc2onc(-c3ccc(Cl)c(N)c3)c2c1. The lowest BCUT2D eigenvalue weighted by atomic mass is 10.1. The third kappa shape index (κ3) is 1.73. The summed E-state index contributed by atoms with van der Waals surface area (Å²) < 4.78 is 5.30. The molecule has 0 saturated heterocycles. The van der Waals surface area contributed by atoms with E-state index in [4.69, 9.17) is 21.9 Å². The van der Waals surface area contributed by atoms with Gasteiger partial charge in [0.2, 0.25) is 0 Å². The number of halogens is 1. The van der Waals surface area contributed by atoms with Crippen molar-refractivity contribution >= 4 is 28.3 Å². The monoisotopic (exact) mass is 258 g/mol. The number of nitrogens with zero attached hydrogens (tertiary/aromatic N) is 1. The van der Waals surface area contributed by atoms with Crippen molar-refractivity contribution in [3.8, 4) is 11.3 Å². The van der Waals surface area contributed by atoms with Crippen LogP contribution in [0.4, 0.5) is 5.69 Å². The van der Waals surface area contributed by atoms with E-state index in [0.717, 1.165) is 27.8 Å². The van der Waals surface area contributed by atoms with Gasteiger partial charge in [0.25, 0.3) is 0 Å². The van der Waals surface area contributed by atoms with Crippen LogP contribution in [0.2, 0.25) is 5.02 Å². The molecule has 0 aliphatic rings. The predicted molar refractivity (Wildman–Crippen MR) is 73.6 cm³/mol. The minimum atomic E-state index is 0.540. The van der Waals surface area contributed by atoms with E-state index in [1.165, 1.54) is 0 Å². The normalized spacial score (nSPS) is 11.0. The van der Waals surface area contributed by atoms with Gasteiger partial charge in [0, 0.05) is 10.9 Å². The van der Waals surface area contributed by atoms with Gasteiger partial charge < -0.3 is 10.3 Å². The molecule has 0 aliphatic carbocycles. The zero-order chi connectivity index (χ0) is 12.7. The average molecular weight is 259 g/mol. The highest BCUT2D eigenvalue weighted by Gasteiger charge is 2.11. The van der Waals surface area contributed by atoms with Crippen LogP contribution in [0.15, 0.2) is 40.9 Å². The summed E-state index contributed by atoms with van der Waals surface area (Å²) in [4.78, 5) is 0. The lowest BCUT2D eigenvalue weighted by Gasteiger charge is -2.01. The van der Waals surface area contributed by atoms with Crippen LogP contribution in [0.25, 0.3) is 22.2 Å². The maximum atomic E-state index is 5.92. The number of hydrogen-bond acceptors (Lipinski definition) is 3. The fraction of sp³-hybridized carbons (Fsp3) is 0.0714. The lowest BCUT2D eigenvalue weighted by molar-refractivity contribution is 0.459. The van der Waals surface area contributed by atoms with Crippen LogP contribution in [0.1, 0.15) is 5.56 Å². The van der Waals surface area contributed by atoms with Crippen molar-refractivity contribution in [1.82, 2.24) is 5.16 Å². The van der Waals surface area contributed by atoms with E-state index in [2.05, 4.69) is 5.16 Å². The average Bonchev–Trinajstić information content (AvgIpc) is 2.75. The van der Waals surface area contributed by atoms with Crippen molar-refractivity contribution in [1.29, 1.82) is 0 Å². The molecule has 2 aromatic carbocycles. The highest BCUT2D eigenvalue weighted by atomic mass is 35.5. The molecule has 3 rings (SSSR count). The summed E-state index contributed by atoms with van der Waals surface area (Å²) >= 11 is 5.92. The minimum absolute atomic E-state index is 0.540. The Morgan fingerprint density at radius 2 is 2.00 bits per heavy atom. The first-order valence-electron chi connectivity index (χ1n) is 5.56. The predicted octanol–water partition coefficient (Wildman–Crippen LogP) is 4.04. The molecule has 1 heterocycles. The summed E-state index contributed by atoms with van der Waals surface area (Å²) in [6.45, 7) is 2.03. The molecule has 0 fully saturated rings. The summed E-state index contributed by atoms with van der Waals surface area (Å²) in [6.07, 6.45) is 0. The molecule has 0 aliphatic heterocycles. The van der Waals surface area contributed by atoms with Crippen LogP contribution in [-0.2, 0) is 0 Å². The standard InChI is InChI=1S/C14H11ClN2O/c1-8-2-5-13-10(6-8)14(17-18-13)9-3-4-11(15)12(16)7-9/h2-7H,16H2,1H3. The Balaban J connectivity index is 2.24. The van der Waals surface area contributed by atoms with Crippen molar-refractivity contribution in [3.05, 3.63) is 47.0 Å². The number of anilines is 1. The Labute approximate surface area is 109 Å². The molecular formula is C14H11ClN2O. The molecule has 0 saturated carbocycles. The summed E-state index contributed by atoms with van der Waals surface area (Å²) in [6, 6.07) is 11.4. The van der Waals surface area contributed by atoms with Crippen LogP contribution < -0.4 is 5.73 Å². The van der Waals surface area contributed by atoms with Crippen LogP contribution in [0, 0.1) is 6.92 Å². The molecule has 3 aromatic rings. The molecule has 1 aromatic heterocycles. The first-order chi connectivity index (χ1) is 8.65. The first-order valence-corrected chi connectivity index (χ1v) is 5.94. The van der Waals surface area contributed by atoms with Gasteiger partial charge in [-0.2, -0.15) is 0 Å². The molecule has 0 atom stereocenters. The number of fused-ring (bicyclic) bond motifs is 1. The zero-order valence-electron chi connectivity index (χ0n) is 9.77. The topological polar surface area (TPSA) is 52.0 Å². The maximum absolute atomic E-state index is 5.92.